The second-order valence-electron chi connectivity index (χ2n) is 3.53. The van der Waals surface area contributed by atoms with Crippen LogP contribution in [0.5, 0.6) is 0 Å². The fourth-order valence-electron chi connectivity index (χ4n) is 1.16. The highest BCUT2D eigenvalue weighted by atomic mass is 14.0. The van der Waals surface area contributed by atoms with Gasteiger partial charge in [0.1, 0.15) is 0 Å². The molecular weight excluding hydrogens is 156 g/mol. The smallest absolute Gasteiger partial charge is 0.0174 e. The molecule has 0 heterocycles. The molecule has 0 spiro atoms. The van der Waals surface area contributed by atoms with E-state index in [1.54, 1.807) is 0 Å². The van der Waals surface area contributed by atoms with Gasteiger partial charge in [0.15, 0.2) is 0 Å². The highest BCUT2D eigenvalue weighted by Gasteiger charge is 1.95. The van der Waals surface area contributed by atoms with Crippen molar-refractivity contribution in [2.75, 3.05) is 0 Å². The minimum absolute atomic E-state index is 0.566. The van der Waals surface area contributed by atoms with Crippen LogP contribution in [0.25, 0.3) is 0 Å². The Balaban J connectivity index is 3.35. The lowest BCUT2D eigenvalue weighted by Crippen LogP contribution is -1.89. The van der Waals surface area contributed by atoms with E-state index < -0.39 is 0 Å². The minimum atomic E-state index is 0.566. The first-order valence-corrected chi connectivity index (χ1v) is 5.38. The normalized spacial score (nSPS) is 11.9. The van der Waals surface area contributed by atoms with E-state index in [0.717, 1.165) is 25.7 Å². The van der Waals surface area contributed by atoms with Crippen molar-refractivity contribution in [2.45, 2.75) is 51.9 Å². The standard InChI is InChI=1S/C13H22/c1-4-6-8-10-12-13(3)11-9-7-5-2/h13H,1-2,4-9,11H2,3H3. The van der Waals surface area contributed by atoms with Crippen LogP contribution in [0, 0.1) is 31.6 Å². The SMILES string of the molecule is [CH2]CCCC#CC(C)CCCC[CH2]. The third kappa shape index (κ3) is 9.47. The van der Waals surface area contributed by atoms with Crippen LogP contribution in [0.4, 0.5) is 0 Å². The summed E-state index contributed by atoms with van der Waals surface area (Å²) in [5.41, 5.74) is 0. The Morgan fingerprint density at radius 3 is 2.38 bits per heavy atom. The first-order chi connectivity index (χ1) is 6.31. The monoisotopic (exact) mass is 178 g/mol. The predicted molar refractivity (Wildman–Crippen MR) is 60.0 cm³/mol. The van der Waals surface area contributed by atoms with Gasteiger partial charge in [0.25, 0.3) is 0 Å². The van der Waals surface area contributed by atoms with Crippen LogP contribution in [0.15, 0.2) is 0 Å². The first kappa shape index (κ1) is 12.6. The van der Waals surface area contributed by atoms with E-state index in [0.29, 0.717) is 5.92 Å². The predicted octanol–water partition coefficient (Wildman–Crippen LogP) is 4.02. The Morgan fingerprint density at radius 1 is 1.08 bits per heavy atom. The minimum Gasteiger partial charge on any atom is -0.103 e. The van der Waals surface area contributed by atoms with Crippen LogP contribution in [0.3, 0.4) is 0 Å². The molecule has 0 heteroatoms. The number of hydrogen-bond acceptors (Lipinski definition) is 0. The molecule has 1 unspecified atom stereocenters. The van der Waals surface area contributed by atoms with Crippen molar-refractivity contribution in [3.63, 3.8) is 0 Å². The van der Waals surface area contributed by atoms with Crippen LogP contribution in [0.1, 0.15) is 51.9 Å². The maximum Gasteiger partial charge on any atom is 0.0174 e. The molecule has 1 atom stereocenters. The fourth-order valence-corrected chi connectivity index (χ4v) is 1.16. The summed E-state index contributed by atoms with van der Waals surface area (Å²) in [5, 5.41) is 0. The summed E-state index contributed by atoms with van der Waals surface area (Å²) in [4.78, 5) is 0. The molecule has 0 saturated heterocycles. The maximum absolute atomic E-state index is 3.83. The molecule has 0 bridgehead atoms. The van der Waals surface area contributed by atoms with Crippen LogP contribution < -0.4 is 0 Å². The third-order valence-electron chi connectivity index (χ3n) is 2.04. The molecule has 0 aromatic carbocycles. The van der Waals surface area contributed by atoms with Crippen molar-refractivity contribution < 1.29 is 0 Å². The molecule has 0 aromatic heterocycles. The van der Waals surface area contributed by atoms with Gasteiger partial charge < -0.3 is 0 Å². The molecule has 74 valence electrons. The summed E-state index contributed by atoms with van der Waals surface area (Å²) in [6, 6.07) is 0. The van der Waals surface area contributed by atoms with Crippen LogP contribution in [-0.4, -0.2) is 0 Å². The van der Waals surface area contributed by atoms with E-state index in [2.05, 4.69) is 32.6 Å². The van der Waals surface area contributed by atoms with Gasteiger partial charge in [0.2, 0.25) is 0 Å². The van der Waals surface area contributed by atoms with Crippen molar-refractivity contribution >= 4 is 0 Å². The topological polar surface area (TPSA) is 0 Å². The van der Waals surface area contributed by atoms with Crippen LogP contribution in [0.2, 0.25) is 0 Å². The Labute approximate surface area is 84.1 Å². The lowest BCUT2D eigenvalue weighted by Gasteiger charge is -2.01. The van der Waals surface area contributed by atoms with Crippen LogP contribution in [-0.2, 0) is 0 Å². The van der Waals surface area contributed by atoms with E-state index in [-0.39, 0.29) is 0 Å². The van der Waals surface area contributed by atoms with Gasteiger partial charge in [-0.25, -0.2) is 0 Å². The molecule has 0 nitrogen and oxygen atoms in total. The summed E-state index contributed by atoms with van der Waals surface area (Å²) < 4.78 is 0. The number of hydrogen-bond donors (Lipinski definition) is 0. The molecule has 0 N–H and O–H groups in total. The average molecular weight is 178 g/mol. The second-order valence-corrected chi connectivity index (χ2v) is 3.53. The van der Waals surface area contributed by atoms with Gasteiger partial charge in [-0.2, -0.15) is 0 Å². The molecule has 0 saturated carbocycles. The highest BCUT2D eigenvalue weighted by Crippen LogP contribution is 2.07. The van der Waals surface area contributed by atoms with E-state index in [1.165, 1.54) is 19.3 Å². The van der Waals surface area contributed by atoms with Gasteiger partial charge in [-0.05, 0) is 12.8 Å². The summed E-state index contributed by atoms with van der Waals surface area (Å²) in [6.45, 7) is 9.82. The third-order valence-corrected chi connectivity index (χ3v) is 2.04. The summed E-state index contributed by atoms with van der Waals surface area (Å²) in [7, 11) is 0. The zero-order chi connectivity index (χ0) is 9.94. The number of unbranched alkanes of at least 4 members (excludes halogenated alkanes) is 4. The quantitative estimate of drug-likeness (QED) is 0.425. The lowest BCUT2D eigenvalue weighted by molar-refractivity contribution is 0.597. The van der Waals surface area contributed by atoms with E-state index >= 15 is 0 Å². The zero-order valence-electron chi connectivity index (χ0n) is 8.94. The summed E-state index contributed by atoms with van der Waals surface area (Å²) in [6.07, 6.45) is 7.96. The molecule has 0 aliphatic carbocycles. The van der Waals surface area contributed by atoms with E-state index in [4.69, 9.17) is 0 Å². The summed E-state index contributed by atoms with van der Waals surface area (Å²) in [5.74, 6) is 7.05. The van der Waals surface area contributed by atoms with Crippen molar-refractivity contribution in [2.24, 2.45) is 5.92 Å². The molecule has 0 amide bonds. The zero-order valence-corrected chi connectivity index (χ0v) is 8.94. The Bertz CT molecular complexity index is 147. The molecule has 0 aliphatic heterocycles. The van der Waals surface area contributed by atoms with E-state index in [1.807, 2.05) is 0 Å². The van der Waals surface area contributed by atoms with Gasteiger partial charge in [-0.1, -0.05) is 46.5 Å². The molecule has 0 rings (SSSR count). The van der Waals surface area contributed by atoms with E-state index in [9.17, 15) is 0 Å². The fraction of sp³-hybridized carbons (Fsp3) is 0.692. The largest absolute Gasteiger partial charge is 0.103 e. The molecule has 2 radical (unpaired) electrons. The van der Waals surface area contributed by atoms with Crippen molar-refractivity contribution in [3.05, 3.63) is 13.8 Å². The Kier molecular flexibility index (Phi) is 9.32. The van der Waals surface area contributed by atoms with Crippen molar-refractivity contribution in [1.29, 1.82) is 0 Å². The molecular formula is C13H22. The molecule has 0 fully saturated rings. The van der Waals surface area contributed by atoms with Gasteiger partial charge in [0, 0.05) is 12.3 Å². The van der Waals surface area contributed by atoms with Gasteiger partial charge in [-0.15, -0.1) is 11.8 Å². The van der Waals surface area contributed by atoms with Crippen molar-refractivity contribution in [3.8, 4) is 11.8 Å². The highest BCUT2D eigenvalue weighted by molar-refractivity contribution is 5.02. The second kappa shape index (κ2) is 9.65. The van der Waals surface area contributed by atoms with Gasteiger partial charge in [-0.3, -0.25) is 0 Å². The lowest BCUT2D eigenvalue weighted by atomic mass is 10.0. The van der Waals surface area contributed by atoms with Gasteiger partial charge >= 0.3 is 0 Å². The molecule has 0 aliphatic rings. The van der Waals surface area contributed by atoms with Crippen LogP contribution >= 0.6 is 0 Å². The summed E-state index contributed by atoms with van der Waals surface area (Å²) >= 11 is 0. The molecule has 0 aromatic rings. The number of rotatable bonds is 6. The first-order valence-electron chi connectivity index (χ1n) is 5.38. The van der Waals surface area contributed by atoms with Crippen molar-refractivity contribution in [1.82, 2.24) is 0 Å². The van der Waals surface area contributed by atoms with Gasteiger partial charge in [0.05, 0.1) is 0 Å². The Morgan fingerprint density at radius 2 is 1.77 bits per heavy atom. The molecule has 13 heavy (non-hydrogen) atoms. The maximum atomic E-state index is 3.83. The average Bonchev–Trinajstić information content (AvgIpc) is 2.13. The Hall–Kier alpha value is -0.440.